The largest absolute Gasteiger partial charge is 0.482 e. The maximum Gasteiger partial charge on any atom is 0.341 e. The van der Waals surface area contributed by atoms with Gasteiger partial charge in [-0.2, -0.15) is 5.21 Å². The van der Waals surface area contributed by atoms with Gasteiger partial charge >= 0.3 is 5.97 Å². The smallest absolute Gasteiger partial charge is 0.341 e. The highest BCUT2D eigenvalue weighted by atomic mass is 16.5. The zero-order chi connectivity index (χ0) is 16.8. The summed E-state index contributed by atoms with van der Waals surface area (Å²) in [6.07, 6.45) is 0. The van der Waals surface area contributed by atoms with E-state index in [4.69, 9.17) is 9.84 Å². The fourth-order valence-electron chi connectivity index (χ4n) is 2.11. The Morgan fingerprint density at radius 1 is 1.21 bits per heavy atom. The van der Waals surface area contributed by atoms with Gasteiger partial charge in [0.2, 0.25) is 5.82 Å². The van der Waals surface area contributed by atoms with Crippen LogP contribution in [-0.4, -0.2) is 38.3 Å². The van der Waals surface area contributed by atoms with Crippen LogP contribution in [0.5, 0.6) is 5.75 Å². The summed E-state index contributed by atoms with van der Waals surface area (Å²) in [5, 5.41) is 25.8. The summed E-state index contributed by atoms with van der Waals surface area (Å²) in [4.78, 5) is 10.5. The van der Waals surface area contributed by atoms with E-state index in [-0.39, 0.29) is 6.61 Å². The van der Waals surface area contributed by atoms with E-state index in [9.17, 15) is 4.79 Å². The lowest BCUT2D eigenvalue weighted by Gasteiger charge is -2.08. The summed E-state index contributed by atoms with van der Waals surface area (Å²) >= 11 is 0. The highest BCUT2D eigenvalue weighted by molar-refractivity contribution is 5.68. The molecular formula is C16H15N5O3. The van der Waals surface area contributed by atoms with E-state index in [2.05, 4.69) is 25.9 Å². The third-order valence-corrected chi connectivity index (χ3v) is 3.25. The van der Waals surface area contributed by atoms with Crippen LogP contribution in [0.1, 0.15) is 5.56 Å². The Labute approximate surface area is 137 Å². The molecule has 0 fully saturated rings. The van der Waals surface area contributed by atoms with Crippen LogP contribution in [-0.2, 0) is 11.3 Å². The lowest BCUT2D eigenvalue weighted by Crippen LogP contribution is -2.09. The summed E-state index contributed by atoms with van der Waals surface area (Å²) in [7, 11) is 0. The Morgan fingerprint density at radius 3 is 2.75 bits per heavy atom. The summed E-state index contributed by atoms with van der Waals surface area (Å²) in [5.74, 6) is 0.0704. The molecule has 3 rings (SSSR count). The molecule has 8 nitrogen and oxygen atoms in total. The number of ether oxygens (including phenoxy) is 1. The van der Waals surface area contributed by atoms with Crippen LogP contribution in [0.4, 0.5) is 5.69 Å². The van der Waals surface area contributed by atoms with E-state index in [1.807, 2.05) is 36.4 Å². The topological polar surface area (TPSA) is 113 Å². The number of carboxylic acids is 1. The zero-order valence-electron chi connectivity index (χ0n) is 12.6. The number of H-pyrrole nitrogens is 1. The van der Waals surface area contributed by atoms with Gasteiger partial charge in [0.1, 0.15) is 5.75 Å². The first kappa shape index (κ1) is 15.5. The summed E-state index contributed by atoms with van der Waals surface area (Å²) < 4.78 is 5.10. The maximum atomic E-state index is 10.5. The van der Waals surface area contributed by atoms with Gasteiger partial charge in [0.15, 0.2) is 6.61 Å². The first-order valence-electron chi connectivity index (χ1n) is 7.22. The Hall–Kier alpha value is -3.42. The number of nitrogens with zero attached hydrogens (tertiary/aromatic N) is 3. The van der Waals surface area contributed by atoms with E-state index in [0.29, 0.717) is 18.1 Å². The molecule has 1 aromatic heterocycles. The molecule has 0 radical (unpaired) electrons. The second-order valence-electron chi connectivity index (χ2n) is 5.00. The van der Waals surface area contributed by atoms with Crippen LogP contribution >= 0.6 is 0 Å². The number of hydrogen-bond donors (Lipinski definition) is 3. The predicted octanol–water partition coefficient (Wildman–Crippen LogP) is 1.94. The molecule has 24 heavy (non-hydrogen) atoms. The quantitative estimate of drug-likeness (QED) is 0.608. The fraction of sp³-hybridized carbons (Fsp3) is 0.125. The Morgan fingerprint density at radius 2 is 2.04 bits per heavy atom. The van der Waals surface area contributed by atoms with E-state index < -0.39 is 5.97 Å². The van der Waals surface area contributed by atoms with Crippen molar-refractivity contribution in [3.05, 3.63) is 54.1 Å². The molecule has 0 amide bonds. The van der Waals surface area contributed by atoms with Crippen molar-refractivity contribution in [2.45, 2.75) is 6.54 Å². The van der Waals surface area contributed by atoms with Crippen LogP contribution in [0.3, 0.4) is 0 Å². The van der Waals surface area contributed by atoms with Crippen molar-refractivity contribution < 1.29 is 14.6 Å². The van der Waals surface area contributed by atoms with Gasteiger partial charge in [-0.15, -0.1) is 10.2 Å². The Kier molecular flexibility index (Phi) is 4.66. The maximum absolute atomic E-state index is 10.5. The van der Waals surface area contributed by atoms with Crippen molar-refractivity contribution in [2.24, 2.45) is 0 Å². The minimum atomic E-state index is -0.998. The molecule has 0 aliphatic rings. The molecule has 122 valence electrons. The van der Waals surface area contributed by atoms with Crippen LogP contribution in [0.25, 0.3) is 11.4 Å². The third-order valence-electron chi connectivity index (χ3n) is 3.25. The number of aliphatic carboxylic acids is 1. The van der Waals surface area contributed by atoms with Gasteiger partial charge in [0, 0.05) is 17.8 Å². The number of hydrogen-bond acceptors (Lipinski definition) is 6. The molecule has 0 saturated heterocycles. The molecule has 2 aromatic carbocycles. The molecular weight excluding hydrogens is 310 g/mol. The van der Waals surface area contributed by atoms with Gasteiger partial charge in [-0.25, -0.2) is 4.79 Å². The molecule has 0 saturated carbocycles. The average molecular weight is 325 g/mol. The standard InChI is InChI=1S/C16H15N5O3/c22-15(23)10-24-14-6-4-11(5-7-14)9-17-13-3-1-2-12(8-13)16-18-20-21-19-16/h1-8,17H,9-10H2,(H,22,23)(H,18,19,20,21). The Bertz CT molecular complexity index is 803. The second kappa shape index (κ2) is 7.23. The molecule has 0 unspecified atom stereocenters. The number of carbonyl (C=O) groups is 1. The first-order valence-corrected chi connectivity index (χ1v) is 7.22. The SMILES string of the molecule is O=C(O)COc1ccc(CNc2cccc(-c3nn[nH]n3)c2)cc1. The van der Waals surface area contributed by atoms with Gasteiger partial charge < -0.3 is 15.2 Å². The molecule has 3 aromatic rings. The van der Waals surface area contributed by atoms with Crippen molar-refractivity contribution in [3.63, 3.8) is 0 Å². The number of tetrazole rings is 1. The van der Waals surface area contributed by atoms with Crippen molar-refractivity contribution in [1.82, 2.24) is 20.6 Å². The molecule has 0 bridgehead atoms. The van der Waals surface area contributed by atoms with E-state index in [0.717, 1.165) is 16.8 Å². The number of aromatic nitrogens is 4. The highest BCUT2D eigenvalue weighted by Gasteiger charge is 2.04. The second-order valence-corrected chi connectivity index (χ2v) is 5.00. The van der Waals surface area contributed by atoms with Crippen molar-refractivity contribution >= 4 is 11.7 Å². The molecule has 1 heterocycles. The number of benzene rings is 2. The molecule has 0 aliphatic heterocycles. The highest BCUT2D eigenvalue weighted by Crippen LogP contribution is 2.19. The normalized spacial score (nSPS) is 10.3. The summed E-state index contributed by atoms with van der Waals surface area (Å²) in [5.41, 5.74) is 2.84. The van der Waals surface area contributed by atoms with E-state index >= 15 is 0 Å². The molecule has 8 heteroatoms. The minimum Gasteiger partial charge on any atom is -0.482 e. The first-order chi connectivity index (χ1) is 11.7. The molecule has 3 N–H and O–H groups in total. The number of nitrogens with one attached hydrogen (secondary N) is 2. The van der Waals surface area contributed by atoms with E-state index in [1.54, 1.807) is 12.1 Å². The lowest BCUT2D eigenvalue weighted by atomic mass is 10.1. The minimum absolute atomic E-state index is 0.347. The average Bonchev–Trinajstić information content (AvgIpc) is 3.14. The van der Waals surface area contributed by atoms with Gasteiger partial charge in [-0.3, -0.25) is 0 Å². The van der Waals surface area contributed by atoms with Crippen LogP contribution < -0.4 is 10.1 Å². The zero-order valence-corrected chi connectivity index (χ0v) is 12.6. The Balaban J connectivity index is 1.59. The summed E-state index contributed by atoms with van der Waals surface area (Å²) in [6, 6.07) is 15.0. The fourth-order valence-corrected chi connectivity index (χ4v) is 2.11. The third kappa shape index (κ3) is 4.07. The number of aromatic amines is 1. The predicted molar refractivity (Wildman–Crippen MR) is 86.5 cm³/mol. The van der Waals surface area contributed by atoms with Crippen LogP contribution in [0.2, 0.25) is 0 Å². The van der Waals surface area contributed by atoms with Gasteiger partial charge in [0.05, 0.1) is 0 Å². The monoisotopic (exact) mass is 325 g/mol. The molecule has 0 atom stereocenters. The van der Waals surface area contributed by atoms with Crippen LogP contribution in [0.15, 0.2) is 48.5 Å². The van der Waals surface area contributed by atoms with Crippen molar-refractivity contribution in [3.8, 4) is 17.1 Å². The van der Waals surface area contributed by atoms with Gasteiger partial charge in [-0.05, 0) is 35.0 Å². The van der Waals surface area contributed by atoms with Crippen molar-refractivity contribution in [2.75, 3.05) is 11.9 Å². The number of anilines is 1. The van der Waals surface area contributed by atoms with Crippen LogP contribution in [0, 0.1) is 0 Å². The van der Waals surface area contributed by atoms with Gasteiger partial charge in [0.25, 0.3) is 0 Å². The number of carboxylic acid groups (broad SMARTS) is 1. The number of rotatable bonds is 7. The van der Waals surface area contributed by atoms with Gasteiger partial charge in [-0.1, -0.05) is 24.3 Å². The molecule has 0 aliphatic carbocycles. The molecule has 0 spiro atoms. The summed E-state index contributed by atoms with van der Waals surface area (Å²) in [6.45, 7) is 0.273. The van der Waals surface area contributed by atoms with E-state index in [1.165, 1.54) is 0 Å². The van der Waals surface area contributed by atoms with Crippen molar-refractivity contribution in [1.29, 1.82) is 0 Å². The lowest BCUT2D eigenvalue weighted by molar-refractivity contribution is -0.139.